The Kier molecular flexibility index (Phi) is 5.24. The molecule has 1 saturated heterocycles. The fourth-order valence-electron chi connectivity index (χ4n) is 2.55. The Bertz CT molecular complexity index is 680. The maximum atomic E-state index is 11.7. The Balaban J connectivity index is 1.59. The van der Waals surface area contributed by atoms with Crippen LogP contribution in [0, 0.1) is 0 Å². The normalized spacial score (nSPS) is 14.8. The number of carbonyl (C=O) groups excluding carboxylic acids is 1. The number of aryl methyl sites for hydroxylation is 1. The predicted octanol–water partition coefficient (Wildman–Crippen LogP) is 2.00. The molecule has 128 valence electrons. The number of esters is 1. The first-order chi connectivity index (χ1) is 11.7. The van der Waals surface area contributed by atoms with E-state index < -0.39 is 0 Å². The predicted molar refractivity (Wildman–Crippen MR) is 93.9 cm³/mol. The van der Waals surface area contributed by atoms with Gasteiger partial charge in [0.1, 0.15) is 11.6 Å². The third kappa shape index (κ3) is 3.64. The Hall–Kier alpha value is -2.22. The van der Waals surface area contributed by atoms with Gasteiger partial charge in [0.2, 0.25) is 5.13 Å². The lowest BCUT2D eigenvalue weighted by Crippen LogP contribution is -2.46. The molecule has 7 nitrogen and oxygen atoms in total. The van der Waals surface area contributed by atoms with Gasteiger partial charge in [0, 0.05) is 50.3 Å². The van der Waals surface area contributed by atoms with E-state index in [0.29, 0.717) is 12.2 Å². The van der Waals surface area contributed by atoms with Crippen LogP contribution in [0.1, 0.15) is 30.0 Å². The summed E-state index contributed by atoms with van der Waals surface area (Å²) in [6, 6.07) is 3.65. The molecule has 0 N–H and O–H groups in total. The summed E-state index contributed by atoms with van der Waals surface area (Å²) >= 11 is 1.47. The molecule has 3 heterocycles. The first kappa shape index (κ1) is 16.6. The average Bonchev–Trinajstić information content (AvgIpc) is 3.11. The lowest BCUT2D eigenvalue weighted by molar-refractivity contribution is 0.0526. The van der Waals surface area contributed by atoms with Gasteiger partial charge in [-0.15, -0.1) is 0 Å². The van der Waals surface area contributed by atoms with E-state index in [2.05, 4.69) is 31.1 Å². The van der Waals surface area contributed by atoms with Crippen molar-refractivity contribution in [3.05, 3.63) is 29.7 Å². The number of hydrogen-bond acceptors (Lipinski definition) is 8. The molecule has 0 aliphatic carbocycles. The maximum Gasteiger partial charge on any atom is 0.339 e. The van der Waals surface area contributed by atoms with Gasteiger partial charge >= 0.3 is 5.97 Å². The van der Waals surface area contributed by atoms with E-state index in [0.717, 1.165) is 49.4 Å². The lowest BCUT2D eigenvalue weighted by Gasteiger charge is -2.35. The molecule has 0 amide bonds. The minimum atomic E-state index is -0.329. The van der Waals surface area contributed by atoms with Gasteiger partial charge in [-0.3, -0.25) is 0 Å². The van der Waals surface area contributed by atoms with Crippen molar-refractivity contribution >= 4 is 28.5 Å². The molecule has 0 atom stereocenters. The maximum absolute atomic E-state index is 11.7. The van der Waals surface area contributed by atoms with Crippen molar-refractivity contribution in [1.82, 2.24) is 14.3 Å². The first-order valence-corrected chi connectivity index (χ1v) is 8.94. The zero-order valence-electron chi connectivity index (χ0n) is 13.9. The highest BCUT2D eigenvalue weighted by atomic mass is 32.1. The highest BCUT2D eigenvalue weighted by Gasteiger charge is 2.21. The molecule has 1 fully saturated rings. The van der Waals surface area contributed by atoms with Crippen LogP contribution in [0.25, 0.3) is 0 Å². The summed E-state index contributed by atoms with van der Waals surface area (Å²) in [6.45, 7) is 7.74. The zero-order chi connectivity index (χ0) is 16.9. The molecule has 1 aliphatic heterocycles. The molecule has 24 heavy (non-hydrogen) atoms. The summed E-state index contributed by atoms with van der Waals surface area (Å²) in [5.41, 5.74) is 0.486. The van der Waals surface area contributed by atoms with Crippen LogP contribution >= 0.6 is 11.5 Å². The van der Waals surface area contributed by atoms with Gasteiger partial charge < -0.3 is 14.5 Å². The average molecular weight is 347 g/mol. The molecular weight excluding hydrogens is 326 g/mol. The topological polar surface area (TPSA) is 71.5 Å². The SMILES string of the molecule is CCOC(=O)c1ccc(N2CCN(c3nc(CC)ns3)CC2)nc1. The van der Waals surface area contributed by atoms with Crippen molar-refractivity contribution in [2.24, 2.45) is 0 Å². The number of carbonyl (C=O) groups is 1. The minimum absolute atomic E-state index is 0.329. The number of aromatic nitrogens is 3. The number of pyridine rings is 1. The largest absolute Gasteiger partial charge is 0.462 e. The van der Waals surface area contributed by atoms with Crippen LogP contribution in [0.15, 0.2) is 18.3 Å². The summed E-state index contributed by atoms with van der Waals surface area (Å²) in [6.07, 6.45) is 2.45. The van der Waals surface area contributed by atoms with Crippen LogP contribution in [0.2, 0.25) is 0 Å². The van der Waals surface area contributed by atoms with E-state index in [1.165, 1.54) is 11.5 Å². The second kappa shape index (κ2) is 7.57. The number of anilines is 2. The number of nitrogens with zero attached hydrogens (tertiary/aromatic N) is 5. The van der Waals surface area contributed by atoms with Crippen molar-refractivity contribution in [2.75, 3.05) is 42.6 Å². The molecule has 2 aromatic heterocycles. The van der Waals surface area contributed by atoms with Crippen LogP contribution in [0.3, 0.4) is 0 Å². The van der Waals surface area contributed by atoms with Gasteiger partial charge in [0.15, 0.2) is 0 Å². The van der Waals surface area contributed by atoms with Crippen molar-refractivity contribution in [3.8, 4) is 0 Å². The number of ether oxygens (including phenoxy) is 1. The molecule has 2 aromatic rings. The van der Waals surface area contributed by atoms with Gasteiger partial charge in [-0.1, -0.05) is 6.92 Å². The third-order valence-corrected chi connectivity index (χ3v) is 4.72. The summed E-state index contributed by atoms with van der Waals surface area (Å²) < 4.78 is 9.32. The molecule has 0 unspecified atom stereocenters. The molecule has 0 aromatic carbocycles. The monoisotopic (exact) mass is 347 g/mol. The fraction of sp³-hybridized carbons (Fsp3) is 0.500. The van der Waals surface area contributed by atoms with E-state index >= 15 is 0 Å². The summed E-state index contributed by atoms with van der Waals surface area (Å²) in [7, 11) is 0. The van der Waals surface area contributed by atoms with Crippen molar-refractivity contribution in [3.63, 3.8) is 0 Å². The number of piperazine rings is 1. The zero-order valence-corrected chi connectivity index (χ0v) is 14.8. The molecule has 0 spiro atoms. The summed E-state index contributed by atoms with van der Waals surface area (Å²) in [5.74, 6) is 1.47. The third-order valence-electron chi connectivity index (χ3n) is 3.91. The van der Waals surface area contributed by atoms with Crippen molar-refractivity contribution < 1.29 is 9.53 Å². The first-order valence-electron chi connectivity index (χ1n) is 8.17. The van der Waals surface area contributed by atoms with Crippen LogP contribution in [0.4, 0.5) is 10.9 Å². The van der Waals surface area contributed by atoms with E-state index in [9.17, 15) is 4.79 Å². The van der Waals surface area contributed by atoms with E-state index in [-0.39, 0.29) is 5.97 Å². The molecule has 1 aliphatic rings. The van der Waals surface area contributed by atoms with Crippen LogP contribution in [-0.2, 0) is 11.2 Å². The van der Waals surface area contributed by atoms with Gasteiger partial charge in [-0.05, 0) is 19.1 Å². The second-order valence-corrected chi connectivity index (χ2v) is 6.18. The van der Waals surface area contributed by atoms with Crippen molar-refractivity contribution in [2.45, 2.75) is 20.3 Å². The van der Waals surface area contributed by atoms with Gasteiger partial charge in [0.05, 0.1) is 12.2 Å². The molecular formula is C16H21N5O2S. The highest BCUT2D eigenvalue weighted by Crippen LogP contribution is 2.21. The van der Waals surface area contributed by atoms with Crippen LogP contribution in [0.5, 0.6) is 0 Å². The number of rotatable bonds is 5. The van der Waals surface area contributed by atoms with Crippen LogP contribution in [-0.4, -0.2) is 53.1 Å². The molecule has 0 bridgehead atoms. The Morgan fingerprint density at radius 2 is 1.96 bits per heavy atom. The Morgan fingerprint density at radius 3 is 2.54 bits per heavy atom. The molecule has 0 saturated carbocycles. The van der Waals surface area contributed by atoms with Crippen LogP contribution < -0.4 is 9.80 Å². The Morgan fingerprint density at radius 1 is 1.21 bits per heavy atom. The summed E-state index contributed by atoms with van der Waals surface area (Å²) in [4.78, 5) is 25.1. The number of hydrogen-bond donors (Lipinski definition) is 0. The molecule has 0 radical (unpaired) electrons. The standard InChI is InChI=1S/C16H21N5O2S/c1-3-13-18-16(24-19-13)21-9-7-20(8-10-21)14-6-5-12(11-17-14)15(22)23-4-2/h5-6,11H,3-4,7-10H2,1-2H3. The lowest BCUT2D eigenvalue weighted by atomic mass is 10.2. The van der Waals surface area contributed by atoms with E-state index in [4.69, 9.17) is 4.74 Å². The second-order valence-electron chi connectivity index (χ2n) is 5.45. The van der Waals surface area contributed by atoms with E-state index in [1.54, 1.807) is 19.2 Å². The Labute approximate surface area is 145 Å². The molecule has 3 rings (SSSR count). The summed E-state index contributed by atoms with van der Waals surface area (Å²) in [5, 5.41) is 0.997. The fourth-order valence-corrected chi connectivity index (χ4v) is 3.35. The minimum Gasteiger partial charge on any atom is -0.462 e. The smallest absolute Gasteiger partial charge is 0.339 e. The quantitative estimate of drug-likeness (QED) is 0.766. The highest BCUT2D eigenvalue weighted by molar-refractivity contribution is 7.09. The van der Waals surface area contributed by atoms with E-state index in [1.807, 2.05) is 6.07 Å². The molecule has 8 heteroatoms. The van der Waals surface area contributed by atoms with Crippen molar-refractivity contribution in [1.29, 1.82) is 0 Å². The van der Waals surface area contributed by atoms with Gasteiger partial charge in [-0.25, -0.2) is 14.8 Å². The van der Waals surface area contributed by atoms with Gasteiger partial charge in [-0.2, -0.15) is 4.37 Å². The van der Waals surface area contributed by atoms with Gasteiger partial charge in [0.25, 0.3) is 0 Å².